The highest BCUT2D eigenvalue weighted by atomic mass is 16.5. The Balaban J connectivity index is 1.71. The van der Waals surface area contributed by atoms with Crippen molar-refractivity contribution in [2.24, 2.45) is 0 Å². The van der Waals surface area contributed by atoms with Crippen molar-refractivity contribution in [3.05, 3.63) is 53.3 Å². The van der Waals surface area contributed by atoms with Gasteiger partial charge in [0.15, 0.2) is 11.5 Å². The summed E-state index contributed by atoms with van der Waals surface area (Å²) in [5.74, 6) is 1.68. The number of fused-ring (bicyclic) bond motifs is 1. The van der Waals surface area contributed by atoms with Gasteiger partial charge in [-0.15, -0.1) is 0 Å². The highest BCUT2D eigenvalue weighted by Crippen LogP contribution is 2.34. The average Bonchev–Trinajstić information content (AvgIpc) is 3.13. The van der Waals surface area contributed by atoms with Gasteiger partial charge in [-0.3, -0.25) is 4.79 Å². The zero-order valence-electron chi connectivity index (χ0n) is 16.6. The van der Waals surface area contributed by atoms with Crippen LogP contribution in [0, 0.1) is 0 Å². The van der Waals surface area contributed by atoms with Gasteiger partial charge in [0.05, 0.1) is 34.0 Å². The normalized spacial score (nSPS) is 10.7. The molecule has 0 bridgehead atoms. The molecule has 1 amide bonds. The number of carbonyl (C=O) groups excluding carboxylic acids is 1. The van der Waals surface area contributed by atoms with Gasteiger partial charge in [0.2, 0.25) is 5.91 Å². The summed E-state index contributed by atoms with van der Waals surface area (Å²) in [5, 5.41) is 3.90. The molecular weight excluding hydrogens is 358 g/mol. The number of aryl methyl sites for hydroxylation is 1. The van der Waals surface area contributed by atoms with Gasteiger partial charge in [-0.1, -0.05) is 19.1 Å². The Labute approximate surface area is 164 Å². The first-order valence-corrected chi connectivity index (χ1v) is 9.14. The summed E-state index contributed by atoms with van der Waals surface area (Å²) in [7, 11) is 4.72. The largest absolute Gasteiger partial charge is 0.496 e. The van der Waals surface area contributed by atoms with Crippen LogP contribution in [0.3, 0.4) is 0 Å². The van der Waals surface area contributed by atoms with Crippen LogP contribution in [0.15, 0.2) is 41.0 Å². The topological polar surface area (TPSA) is 69.9 Å². The summed E-state index contributed by atoms with van der Waals surface area (Å²) in [6.07, 6.45) is 2.84. The molecule has 0 aliphatic rings. The van der Waals surface area contributed by atoms with E-state index in [-0.39, 0.29) is 12.3 Å². The predicted octanol–water partition coefficient (Wildman–Crippen LogP) is 3.88. The van der Waals surface area contributed by atoms with Crippen molar-refractivity contribution in [3.63, 3.8) is 0 Å². The molecule has 3 aromatic rings. The molecule has 0 spiro atoms. The number of ether oxygens (including phenoxy) is 3. The number of hydrogen-bond acceptors (Lipinski definition) is 5. The molecule has 0 aliphatic heterocycles. The molecule has 1 heterocycles. The predicted molar refractivity (Wildman–Crippen MR) is 107 cm³/mol. The lowest BCUT2D eigenvalue weighted by molar-refractivity contribution is -0.120. The fraction of sp³-hybridized carbons (Fsp3) is 0.318. The third-order valence-electron chi connectivity index (χ3n) is 4.74. The van der Waals surface area contributed by atoms with Crippen LogP contribution < -0.4 is 19.5 Å². The van der Waals surface area contributed by atoms with Crippen molar-refractivity contribution in [1.82, 2.24) is 5.32 Å². The van der Waals surface area contributed by atoms with Crippen LogP contribution in [0.4, 0.5) is 0 Å². The van der Waals surface area contributed by atoms with Crippen LogP contribution in [0.5, 0.6) is 17.2 Å². The highest BCUT2D eigenvalue weighted by Gasteiger charge is 2.14. The van der Waals surface area contributed by atoms with E-state index in [0.717, 1.165) is 28.5 Å². The fourth-order valence-corrected chi connectivity index (χ4v) is 3.14. The number of amides is 1. The molecule has 0 saturated heterocycles. The van der Waals surface area contributed by atoms with E-state index in [1.165, 1.54) is 5.56 Å². The van der Waals surface area contributed by atoms with E-state index in [1.54, 1.807) is 39.7 Å². The lowest BCUT2D eigenvalue weighted by Crippen LogP contribution is -2.24. The minimum atomic E-state index is -0.0980. The molecule has 0 fully saturated rings. The first-order chi connectivity index (χ1) is 13.6. The van der Waals surface area contributed by atoms with Crippen LogP contribution in [0.25, 0.3) is 11.0 Å². The quantitative estimate of drug-likeness (QED) is 0.639. The molecule has 148 valence electrons. The maximum absolute atomic E-state index is 12.5. The molecule has 0 saturated carbocycles. The Bertz CT molecular complexity index is 976. The second-order valence-electron chi connectivity index (χ2n) is 6.42. The van der Waals surface area contributed by atoms with Crippen LogP contribution in [-0.2, 0) is 24.2 Å². The molecule has 3 rings (SSSR count). The molecule has 0 unspecified atom stereocenters. The Morgan fingerprint density at radius 3 is 2.36 bits per heavy atom. The molecule has 0 aliphatic carbocycles. The number of rotatable bonds is 8. The van der Waals surface area contributed by atoms with Crippen LogP contribution in [0.1, 0.15) is 23.6 Å². The minimum absolute atomic E-state index is 0.0980. The molecule has 28 heavy (non-hydrogen) atoms. The van der Waals surface area contributed by atoms with E-state index in [1.807, 2.05) is 12.1 Å². The van der Waals surface area contributed by atoms with E-state index in [9.17, 15) is 4.79 Å². The molecule has 0 radical (unpaired) electrons. The van der Waals surface area contributed by atoms with Gasteiger partial charge in [-0.05, 0) is 24.1 Å². The van der Waals surface area contributed by atoms with E-state index in [2.05, 4.69) is 18.3 Å². The summed E-state index contributed by atoms with van der Waals surface area (Å²) in [6, 6.07) is 9.64. The number of carbonyl (C=O) groups is 1. The van der Waals surface area contributed by atoms with E-state index < -0.39 is 0 Å². The average molecular weight is 383 g/mol. The van der Waals surface area contributed by atoms with Crippen LogP contribution in [0.2, 0.25) is 0 Å². The lowest BCUT2D eigenvalue weighted by atomic mass is 10.1. The number of hydrogen-bond donors (Lipinski definition) is 1. The maximum atomic E-state index is 12.5. The second-order valence-corrected chi connectivity index (χ2v) is 6.42. The third kappa shape index (κ3) is 4.06. The molecule has 6 nitrogen and oxygen atoms in total. The Morgan fingerprint density at radius 1 is 0.964 bits per heavy atom. The number of nitrogens with one attached hydrogen (secondary N) is 1. The lowest BCUT2D eigenvalue weighted by Gasteiger charge is -2.14. The van der Waals surface area contributed by atoms with Crippen molar-refractivity contribution < 1.29 is 23.4 Å². The van der Waals surface area contributed by atoms with Gasteiger partial charge < -0.3 is 23.9 Å². The maximum Gasteiger partial charge on any atom is 0.224 e. The van der Waals surface area contributed by atoms with Gasteiger partial charge in [0.1, 0.15) is 11.3 Å². The van der Waals surface area contributed by atoms with Crippen molar-refractivity contribution >= 4 is 16.9 Å². The van der Waals surface area contributed by atoms with E-state index >= 15 is 0 Å². The van der Waals surface area contributed by atoms with Gasteiger partial charge in [0, 0.05) is 29.1 Å². The number of methoxy groups -OCH3 is 3. The van der Waals surface area contributed by atoms with Crippen molar-refractivity contribution in [2.45, 2.75) is 26.3 Å². The zero-order chi connectivity index (χ0) is 20.1. The molecule has 2 aromatic carbocycles. The zero-order valence-corrected chi connectivity index (χ0v) is 16.6. The summed E-state index contributed by atoms with van der Waals surface area (Å²) in [5.41, 5.74) is 3.69. The summed E-state index contributed by atoms with van der Waals surface area (Å²) in [4.78, 5) is 12.5. The third-order valence-corrected chi connectivity index (χ3v) is 4.74. The second kappa shape index (κ2) is 8.69. The van der Waals surface area contributed by atoms with Gasteiger partial charge in [0.25, 0.3) is 0 Å². The number of furan rings is 1. The number of benzene rings is 2. The SMILES string of the molecule is CCc1ccc2c(CC(=O)NCc3cc(OC)c(OC)cc3OC)coc2c1. The first kappa shape index (κ1) is 19.6. The summed E-state index contributed by atoms with van der Waals surface area (Å²) in [6.45, 7) is 2.42. The minimum Gasteiger partial charge on any atom is -0.496 e. The molecular formula is C22H25NO5. The Kier molecular flexibility index (Phi) is 6.09. The van der Waals surface area contributed by atoms with Gasteiger partial charge in [-0.2, -0.15) is 0 Å². The molecule has 1 aromatic heterocycles. The Hall–Kier alpha value is -3.15. The summed E-state index contributed by atoms with van der Waals surface area (Å²) < 4.78 is 21.6. The smallest absolute Gasteiger partial charge is 0.224 e. The highest BCUT2D eigenvalue weighted by molar-refractivity contribution is 5.88. The summed E-state index contributed by atoms with van der Waals surface area (Å²) >= 11 is 0. The first-order valence-electron chi connectivity index (χ1n) is 9.14. The monoisotopic (exact) mass is 383 g/mol. The van der Waals surface area contributed by atoms with Gasteiger partial charge in [-0.25, -0.2) is 0 Å². The van der Waals surface area contributed by atoms with E-state index in [4.69, 9.17) is 18.6 Å². The van der Waals surface area contributed by atoms with Crippen molar-refractivity contribution in [3.8, 4) is 17.2 Å². The standard InChI is InChI=1S/C22H25NO5/c1-5-14-6-7-17-16(13-28-19(17)8-14)10-22(24)23-12-15-9-20(26-3)21(27-4)11-18(15)25-2/h6-9,11,13H,5,10,12H2,1-4H3,(H,23,24). The Morgan fingerprint density at radius 2 is 1.68 bits per heavy atom. The van der Waals surface area contributed by atoms with E-state index in [0.29, 0.717) is 23.8 Å². The van der Waals surface area contributed by atoms with Gasteiger partial charge >= 0.3 is 0 Å². The van der Waals surface area contributed by atoms with Crippen LogP contribution in [-0.4, -0.2) is 27.2 Å². The molecule has 0 atom stereocenters. The van der Waals surface area contributed by atoms with Crippen molar-refractivity contribution in [2.75, 3.05) is 21.3 Å². The molecule has 6 heteroatoms. The van der Waals surface area contributed by atoms with Crippen molar-refractivity contribution in [1.29, 1.82) is 0 Å². The molecule has 1 N–H and O–H groups in total. The van der Waals surface area contributed by atoms with Crippen LogP contribution >= 0.6 is 0 Å². The fourth-order valence-electron chi connectivity index (χ4n) is 3.14.